The topological polar surface area (TPSA) is 146 Å². The number of imidazole rings is 2. The third-order valence-corrected chi connectivity index (χ3v) is 4.01. The number of hydrogen-bond acceptors (Lipinski definition) is 9. The molecule has 11 nitrogen and oxygen atoms in total. The van der Waals surface area contributed by atoms with Gasteiger partial charge in [-0.25, -0.2) is 29.9 Å². The van der Waals surface area contributed by atoms with Gasteiger partial charge in [0.05, 0.1) is 25.7 Å². The quantitative estimate of drug-likeness (QED) is 0.355. The lowest BCUT2D eigenvalue weighted by Gasteiger charge is -2.04. The zero-order valence-electron chi connectivity index (χ0n) is 14.0. The molecule has 0 saturated heterocycles. The normalized spacial score (nSPS) is 11.3. The van der Waals surface area contributed by atoms with Crippen molar-refractivity contribution in [2.45, 2.75) is 13.1 Å². The van der Waals surface area contributed by atoms with Crippen LogP contribution in [0.15, 0.2) is 41.9 Å². The summed E-state index contributed by atoms with van der Waals surface area (Å²) in [5.74, 6) is 2.86. The van der Waals surface area contributed by atoms with E-state index in [1.807, 2.05) is 12.1 Å². The minimum Gasteiger partial charge on any atom is -0.462 e. The second-order valence-electron chi connectivity index (χ2n) is 5.72. The molecule has 5 aromatic heterocycles. The predicted octanol–water partition coefficient (Wildman–Crippen LogP) is 1.84. The molecule has 0 aromatic carbocycles. The van der Waals surface area contributed by atoms with Crippen LogP contribution in [-0.2, 0) is 13.1 Å². The summed E-state index contributed by atoms with van der Waals surface area (Å²) in [5.41, 5.74) is 2.76. The first-order chi connectivity index (χ1) is 13.4. The Bertz CT molecular complexity index is 1110. The SMILES string of the molecule is c1nc(NCc2ccc(CNc3ncnc4[nH]cnc34)o2)c2nc[nH]c2n1. The van der Waals surface area contributed by atoms with Gasteiger partial charge in [-0.1, -0.05) is 0 Å². The van der Waals surface area contributed by atoms with Crippen LogP contribution < -0.4 is 10.6 Å². The Morgan fingerprint density at radius 3 is 1.74 bits per heavy atom. The Morgan fingerprint density at radius 1 is 0.704 bits per heavy atom. The molecule has 134 valence electrons. The average Bonchev–Trinajstić information content (AvgIpc) is 3.44. The van der Waals surface area contributed by atoms with Gasteiger partial charge in [0.2, 0.25) is 0 Å². The summed E-state index contributed by atoms with van der Waals surface area (Å²) in [6.45, 7) is 0.964. The summed E-state index contributed by atoms with van der Waals surface area (Å²) in [6.07, 6.45) is 6.14. The third kappa shape index (κ3) is 2.90. The highest BCUT2D eigenvalue weighted by atomic mass is 16.3. The van der Waals surface area contributed by atoms with E-state index in [1.165, 1.54) is 12.7 Å². The molecule has 0 amide bonds. The maximum Gasteiger partial charge on any atom is 0.162 e. The van der Waals surface area contributed by atoms with Crippen molar-refractivity contribution in [3.05, 3.63) is 49.0 Å². The number of H-pyrrole nitrogens is 2. The van der Waals surface area contributed by atoms with Gasteiger partial charge < -0.3 is 25.0 Å². The van der Waals surface area contributed by atoms with Gasteiger partial charge in [-0.2, -0.15) is 0 Å². The van der Waals surface area contributed by atoms with Crippen LogP contribution in [0.25, 0.3) is 22.3 Å². The fraction of sp³-hybridized carbons (Fsp3) is 0.125. The Balaban J connectivity index is 1.25. The second kappa shape index (κ2) is 6.37. The Morgan fingerprint density at radius 2 is 1.22 bits per heavy atom. The molecule has 5 heterocycles. The van der Waals surface area contributed by atoms with Crippen molar-refractivity contribution in [1.29, 1.82) is 0 Å². The first kappa shape index (κ1) is 15.3. The summed E-state index contributed by atoms with van der Waals surface area (Å²) in [6, 6.07) is 3.83. The van der Waals surface area contributed by atoms with E-state index < -0.39 is 0 Å². The highest BCUT2D eigenvalue weighted by molar-refractivity contribution is 5.82. The van der Waals surface area contributed by atoms with Gasteiger partial charge in [-0.15, -0.1) is 0 Å². The first-order valence-electron chi connectivity index (χ1n) is 8.20. The lowest BCUT2D eigenvalue weighted by molar-refractivity contribution is 0.477. The number of rotatable bonds is 6. The molecule has 11 heteroatoms. The molecule has 0 aliphatic rings. The van der Waals surface area contributed by atoms with Crippen molar-refractivity contribution < 1.29 is 4.42 Å². The van der Waals surface area contributed by atoms with Gasteiger partial charge in [0.15, 0.2) is 22.9 Å². The molecule has 4 N–H and O–H groups in total. The standard InChI is InChI=1S/C16H14N10O/c1-2-10(4-18-14-12-16(22-6-20-12)26-8-24-14)27-9(1)3-17-13-11-15(21-5-19-11)25-7-23-13/h1-2,5-8H,3-4H2,(H2,17,19,21,23,25)(H2,18,20,22,24,26). The summed E-state index contributed by atoms with van der Waals surface area (Å²) in [4.78, 5) is 31.0. The van der Waals surface area contributed by atoms with Gasteiger partial charge in [-0.05, 0) is 12.1 Å². The molecular weight excluding hydrogens is 348 g/mol. The summed E-state index contributed by atoms with van der Waals surface area (Å²) < 4.78 is 5.85. The molecule has 5 rings (SSSR count). The van der Waals surface area contributed by atoms with Gasteiger partial charge in [0.1, 0.15) is 35.2 Å². The zero-order chi connectivity index (χ0) is 18.1. The fourth-order valence-corrected chi connectivity index (χ4v) is 2.74. The van der Waals surface area contributed by atoms with E-state index in [2.05, 4.69) is 50.5 Å². The second-order valence-corrected chi connectivity index (χ2v) is 5.72. The number of aromatic nitrogens is 8. The van der Waals surface area contributed by atoms with Gasteiger partial charge in [0.25, 0.3) is 0 Å². The van der Waals surface area contributed by atoms with E-state index >= 15 is 0 Å². The molecular formula is C16H14N10O. The Kier molecular flexibility index (Phi) is 3.60. The first-order valence-corrected chi connectivity index (χ1v) is 8.20. The van der Waals surface area contributed by atoms with Gasteiger partial charge >= 0.3 is 0 Å². The number of aromatic amines is 2. The van der Waals surface area contributed by atoms with E-state index in [1.54, 1.807) is 12.7 Å². The van der Waals surface area contributed by atoms with Crippen LogP contribution in [0.5, 0.6) is 0 Å². The van der Waals surface area contributed by atoms with Crippen LogP contribution in [0.1, 0.15) is 11.5 Å². The predicted molar refractivity (Wildman–Crippen MR) is 96.7 cm³/mol. The van der Waals surface area contributed by atoms with Crippen LogP contribution >= 0.6 is 0 Å². The largest absolute Gasteiger partial charge is 0.462 e. The van der Waals surface area contributed by atoms with E-state index in [-0.39, 0.29) is 0 Å². The van der Waals surface area contributed by atoms with Crippen molar-refractivity contribution >= 4 is 34.0 Å². The molecule has 0 spiro atoms. The monoisotopic (exact) mass is 362 g/mol. The molecule has 0 fully saturated rings. The maximum atomic E-state index is 5.85. The average molecular weight is 362 g/mol. The molecule has 0 saturated carbocycles. The highest BCUT2D eigenvalue weighted by Crippen LogP contribution is 2.18. The van der Waals surface area contributed by atoms with Gasteiger partial charge in [-0.3, -0.25) is 0 Å². The number of nitrogens with one attached hydrogen (secondary N) is 4. The number of anilines is 2. The fourth-order valence-electron chi connectivity index (χ4n) is 2.74. The van der Waals surface area contributed by atoms with E-state index in [4.69, 9.17) is 4.42 Å². The molecule has 5 aromatic rings. The minimum atomic E-state index is 0.482. The van der Waals surface area contributed by atoms with Crippen LogP contribution in [0.2, 0.25) is 0 Å². The maximum absolute atomic E-state index is 5.85. The van der Waals surface area contributed by atoms with Crippen molar-refractivity contribution in [3.8, 4) is 0 Å². The van der Waals surface area contributed by atoms with Crippen LogP contribution in [0, 0.1) is 0 Å². The molecule has 0 bridgehead atoms. The highest BCUT2D eigenvalue weighted by Gasteiger charge is 2.09. The number of hydrogen-bond donors (Lipinski definition) is 4. The van der Waals surface area contributed by atoms with Crippen LogP contribution in [0.4, 0.5) is 11.6 Å². The number of nitrogens with zero attached hydrogens (tertiary/aromatic N) is 6. The molecule has 0 atom stereocenters. The molecule has 0 aliphatic heterocycles. The minimum absolute atomic E-state index is 0.482. The Hall–Kier alpha value is -4.02. The van der Waals surface area contributed by atoms with Crippen molar-refractivity contribution in [1.82, 2.24) is 39.9 Å². The Labute approximate surface area is 151 Å². The lowest BCUT2D eigenvalue weighted by Crippen LogP contribution is -2.03. The summed E-state index contributed by atoms with van der Waals surface area (Å²) in [7, 11) is 0. The third-order valence-electron chi connectivity index (χ3n) is 4.01. The molecule has 27 heavy (non-hydrogen) atoms. The molecule has 0 radical (unpaired) electrons. The lowest BCUT2D eigenvalue weighted by atomic mass is 10.4. The van der Waals surface area contributed by atoms with Crippen molar-refractivity contribution in [2.24, 2.45) is 0 Å². The van der Waals surface area contributed by atoms with Gasteiger partial charge in [0, 0.05) is 0 Å². The van der Waals surface area contributed by atoms with Crippen molar-refractivity contribution in [2.75, 3.05) is 10.6 Å². The van der Waals surface area contributed by atoms with E-state index in [9.17, 15) is 0 Å². The number of fused-ring (bicyclic) bond motifs is 2. The smallest absolute Gasteiger partial charge is 0.162 e. The van der Waals surface area contributed by atoms with Crippen LogP contribution in [0.3, 0.4) is 0 Å². The molecule has 0 aliphatic carbocycles. The number of furan rings is 1. The van der Waals surface area contributed by atoms with Crippen LogP contribution in [-0.4, -0.2) is 39.9 Å². The summed E-state index contributed by atoms with van der Waals surface area (Å²) >= 11 is 0. The molecule has 0 unspecified atom stereocenters. The zero-order valence-corrected chi connectivity index (χ0v) is 14.0. The van der Waals surface area contributed by atoms with Crippen molar-refractivity contribution in [3.63, 3.8) is 0 Å². The van der Waals surface area contributed by atoms with E-state index in [0.29, 0.717) is 47.1 Å². The van der Waals surface area contributed by atoms with E-state index in [0.717, 1.165) is 11.5 Å². The summed E-state index contributed by atoms with van der Waals surface area (Å²) in [5, 5.41) is 6.43.